The van der Waals surface area contributed by atoms with Crippen LogP contribution in [0.15, 0.2) is 47.8 Å². The van der Waals surface area contributed by atoms with E-state index in [0.717, 1.165) is 35.2 Å². The molecule has 1 aliphatic heterocycles. The number of carbonyl (C=O) groups is 1. The zero-order valence-electron chi connectivity index (χ0n) is 18.1. The fourth-order valence-corrected chi connectivity index (χ4v) is 4.43. The molecule has 0 unspecified atom stereocenters. The normalized spacial score (nSPS) is 13.5. The van der Waals surface area contributed by atoms with Crippen LogP contribution in [0, 0.1) is 0 Å². The fourth-order valence-electron chi connectivity index (χ4n) is 4.43. The Bertz CT molecular complexity index is 1590. The largest absolute Gasteiger partial charge is 0.332 e. The number of nitrogens with one attached hydrogen (secondary N) is 2. The van der Waals surface area contributed by atoms with Crippen LogP contribution in [0.1, 0.15) is 30.9 Å². The molecule has 10 heteroatoms. The van der Waals surface area contributed by atoms with Crippen LogP contribution in [-0.4, -0.2) is 39.6 Å². The second-order valence-electron chi connectivity index (χ2n) is 8.30. The quantitative estimate of drug-likeness (QED) is 0.434. The summed E-state index contributed by atoms with van der Waals surface area (Å²) in [6, 6.07) is 6.06. The zero-order valence-corrected chi connectivity index (χ0v) is 18.1. The van der Waals surface area contributed by atoms with Crippen molar-refractivity contribution in [2.24, 2.45) is 0 Å². The molecule has 0 fully saturated rings. The number of aryl methyl sites for hydroxylation is 2. The predicted octanol–water partition coefficient (Wildman–Crippen LogP) is 2.58. The van der Waals surface area contributed by atoms with Crippen LogP contribution in [0.4, 0.5) is 5.69 Å². The lowest BCUT2D eigenvalue weighted by atomic mass is 10.0. The van der Waals surface area contributed by atoms with Crippen LogP contribution in [0.2, 0.25) is 0 Å². The third kappa shape index (κ3) is 3.22. The summed E-state index contributed by atoms with van der Waals surface area (Å²) in [7, 11) is 0. The van der Waals surface area contributed by atoms with Crippen molar-refractivity contribution in [3.63, 3.8) is 0 Å². The molecular weight excluding hydrogens is 420 g/mol. The Kier molecular flexibility index (Phi) is 4.39. The van der Waals surface area contributed by atoms with Crippen molar-refractivity contribution < 1.29 is 4.79 Å². The molecule has 5 aromatic rings. The van der Waals surface area contributed by atoms with Crippen LogP contribution >= 0.6 is 0 Å². The summed E-state index contributed by atoms with van der Waals surface area (Å²) in [5.74, 6) is 1.24. The first-order chi connectivity index (χ1) is 16.1. The van der Waals surface area contributed by atoms with E-state index in [4.69, 9.17) is 4.98 Å². The zero-order chi connectivity index (χ0) is 22.5. The summed E-state index contributed by atoms with van der Waals surface area (Å²) in [4.78, 5) is 36.9. The highest BCUT2D eigenvalue weighted by atomic mass is 16.1. The van der Waals surface area contributed by atoms with Crippen molar-refractivity contribution in [3.8, 4) is 11.4 Å². The van der Waals surface area contributed by atoms with E-state index in [1.807, 2.05) is 40.5 Å². The van der Waals surface area contributed by atoms with Gasteiger partial charge in [0.1, 0.15) is 5.82 Å². The number of nitrogens with zero attached hydrogens (tertiary/aromatic N) is 6. The Morgan fingerprint density at radius 1 is 1.18 bits per heavy atom. The van der Waals surface area contributed by atoms with Crippen LogP contribution < -0.4 is 10.9 Å². The number of aromatic amines is 1. The number of hydrogen-bond donors (Lipinski definition) is 2. The highest BCUT2D eigenvalue weighted by Crippen LogP contribution is 2.24. The first kappa shape index (κ1) is 19.5. The molecular formula is C23H22N8O2. The summed E-state index contributed by atoms with van der Waals surface area (Å²) in [6.07, 6.45) is 9.24. The number of imidazole rings is 2. The standard InChI is InChI=1S/C23H22N8O2/c1-2-8-31-22(33)19-21(30-9-7-24-23(30)31)28-20(27-19)16-11-25-29(13-16)12-14-3-5-17-15(10-14)4-6-18(32)26-17/h3,5,7,9-11,13H,2,4,6,8,12H2,1H3,(H,26,32)(H,27,28). The highest BCUT2D eigenvalue weighted by molar-refractivity contribution is 5.93. The fraction of sp³-hybridized carbons (Fsp3) is 0.261. The first-order valence-corrected chi connectivity index (χ1v) is 11.0. The minimum Gasteiger partial charge on any atom is -0.332 e. The monoisotopic (exact) mass is 442 g/mol. The smallest absolute Gasteiger partial charge is 0.280 e. The van der Waals surface area contributed by atoms with Crippen molar-refractivity contribution in [1.82, 2.24) is 33.7 Å². The molecule has 1 aliphatic rings. The maximum absolute atomic E-state index is 13.1. The SMILES string of the molecule is CCCn1c(=O)c2[nH]c(-c3cnn(Cc4ccc5c(c4)CCC(=O)N5)c3)nc2n2ccnc12. The van der Waals surface area contributed by atoms with Crippen LogP contribution in [0.25, 0.3) is 28.3 Å². The Morgan fingerprint density at radius 2 is 2.09 bits per heavy atom. The number of anilines is 1. The Balaban J connectivity index is 1.34. The Labute approximate surface area is 187 Å². The number of carbonyl (C=O) groups excluding carboxylic acids is 1. The Hall–Kier alpha value is -4.21. The lowest BCUT2D eigenvalue weighted by Crippen LogP contribution is -2.23. The maximum atomic E-state index is 13.1. The molecule has 0 saturated heterocycles. The van der Waals surface area contributed by atoms with Crippen molar-refractivity contribution in [3.05, 3.63) is 64.5 Å². The van der Waals surface area contributed by atoms with E-state index >= 15 is 0 Å². The van der Waals surface area contributed by atoms with Gasteiger partial charge >= 0.3 is 0 Å². The maximum Gasteiger partial charge on any atom is 0.280 e. The van der Waals surface area contributed by atoms with Crippen molar-refractivity contribution >= 4 is 28.5 Å². The molecule has 0 aliphatic carbocycles. The van der Waals surface area contributed by atoms with Crippen molar-refractivity contribution in [2.75, 3.05) is 5.32 Å². The molecule has 1 amide bonds. The van der Waals surface area contributed by atoms with Gasteiger partial charge in [0.15, 0.2) is 11.2 Å². The molecule has 4 aromatic heterocycles. The van der Waals surface area contributed by atoms with Crippen LogP contribution in [-0.2, 0) is 24.3 Å². The summed E-state index contributed by atoms with van der Waals surface area (Å²) < 4.78 is 5.35. The average molecular weight is 442 g/mol. The van der Waals surface area contributed by atoms with E-state index in [1.54, 1.807) is 17.0 Å². The molecule has 0 atom stereocenters. The van der Waals surface area contributed by atoms with Gasteiger partial charge in [-0.3, -0.25) is 23.2 Å². The number of H-pyrrole nitrogens is 1. The molecule has 6 rings (SSSR count). The van der Waals surface area contributed by atoms with Gasteiger partial charge in [-0.15, -0.1) is 0 Å². The minimum atomic E-state index is -0.127. The lowest BCUT2D eigenvalue weighted by molar-refractivity contribution is -0.116. The molecule has 1 aromatic carbocycles. The van der Waals surface area contributed by atoms with E-state index in [0.29, 0.717) is 42.3 Å². The minimum absolute atomic E-state index is 0.0622. The molecule has 2 N–H and O–H groups in total. The third-order valence-electron chi connectivity index (χ3n) is 6.00. The number of fused-ring (bicyclic) bond motifs is 4. The van der Waals surface area contributed by atoms with Gasteiger partial charge in [0.05, 0.1) is 18.3 Å². The molecule has 166 valence electrons. The summed E-state index contributed by atoms with van der Waals surface area (Å²) in [5.41, 5.74) is 4.81. The van der Waals surface area contributed by atoms with Crippen LogP contribution in [0.5, 0.6) is 0 Å². The average Bonchev–Trinajstić information content (AvgIpc) is 3.55. The number of hydrogen-bond acceptors (Lipinski definition) is 5. The molecule has 33 heavy (non-hydrogen) atoms. The van der Waals surface area contributed by atoms with Gasteiger partial charge in [-0.05, 0) is 30.0 Å². The van der Waals surface area contributed by atoms with Gasteiger partial charge in [0, 0.05) is 37.2 Å². The van der Waals surface area contributed by atoms with Gasteiger partial charge in [0.25, 0.3) is 5.56 Å². The van der Waals surface area contributed by atoms with Gasteiger partial charge in [-0.1, -0.05) is 19.1 Å². The number of benzene rings is 1. The van der Waals surface area contributed by atoms with E-state index in [2.05, 4.69) is 26.4 Å². The Morgan fingerprint density at radius 3 is 2.97 bits per heavy atom. The predicted molar refractivity (Wildman–Crippen MR) is 123 cm³/mol. The van der Waals surface area contributed by atoms with Crippen LogP contribution in [0.3, 0.4) is 0 Å². The lowest BCUT2D eigenvalue weighted by Gasteiger charge is -2.17. The number of amides is 1. The summed E-state index contributed by atoms with van der Waals surface area (Å²) in [5, 5.41) is 7.40. The van der Waals surface area contributed by atoms with Gasteiger partial charge in [0.2, 0.25) is 11.7 Å². The van der Waals surface area contributed by atoms with E-state index < -0.39 is 0 Å². The summed E-state index contributed by atoms with van der Waals surface area (Å²) in [6.45, 7) is 3.21. The molecule has 0 bridgehead atoms. The second kappa shape index (κ2) is 7.44. The second-order valence-corrected chi connectivity index (χ2v) is 8.30. The van der Waals surface area contributed by atoms with Gasteiger partial charge < -0.3 is 10.3 Å². The first-order valence-electron chi connectivity index (χ1n) is 11.0. The number of aromatic nitrogens is 7. The topological polar surface area (TPSA) is 115 Å². The molecule has 10 nitrogen and oxygen atoms in total. The third-order valence-corrected chi connectivity index (χ3v) is 6.00. The van der Waals surface area contributed by atoms with Crippen molar-refractivity contribution in [2.45, 2.75) is 39.3 Å². The van der Waals surface area contributed by atoms with Gasteiger partial charge in [-0.25, -0.2) is 9.97 Å². The van der Waals surface area contributed by atoms with Crippen molar-refractivity contribution in [1.29, 1.82) is 0 Å². The molecule has 0 radical (unpaired) electrons. The molecule has 5 heterocycles. The van der Waals surface area contributed by atoms with E-state index in [9.17, 15) is 9.59 Å². The summed E-state index contributed by atoms with van der Waals surface area (Å²) >= 11 is 0. The van der Waals surface area contributed by atoms with Gasteiger partial charge in [-0.2, -0.15) is 5.10 Å². The van der Waals surface area contributed by atoms with E-state index in [1.165, 1.54) is 0 Å². The number of rotatable bonds is 5. The van der Waals surface area contributed by atoms with E-state index in [-0.39, 0.29) is 11.5 Å². The highest BCUT2D eigenvalue weighted by Gasteiger charge is 2.18. The molecule has 0 spiro atoms. The molecule has 0 saturated carbocycles.